The van der Waals surface area contributed by atoms with E-state index in [1.165, 1.54) is 25.7 Å². The van der Waals surface area contributed by atoms with Crippen molar-refractivity contribution in [2.24, 2.45) is 11.5 Å². The summed E-state index contributed by atoms with van der Waals surface area (Å²) >= 11 is 0. The zero-order valence-corrected chi connectivity index (χ0v) is 10.5. The van der Waals surface area contributed by atoms with Gasteiger partial charge in [0.2, 0.25) is 0 Å². The van der Waals surface area contributed by atoms with E-state index in [0.717, 1.165) is 32.1 Å². The third-order valence-corrected chi connectivity index (χ3v) is 4.18. The van der Waals surface area contributed by atoms with Gasteiger partial charge >= 0.3 is 0 Å². The van der Waals surface area contributed by atoms with E-state index in [1.54, 1.807) is 0 Å². The monoisotopic (exact) mass is 226 g/mol. The maximum Gasteiger partial charge on any atom is 0.117 e. The summed E-state index contributed by atoms with van der Waals surface area (Å²) in [7, 11) is 0. The fourth-order valence-electron chi connectivity index (χ4n) is 3.39. The average Bonchev–Trinajstić information content (AvgIpc) is 2.75. The SMILES string of the molecule is CC(CC1(N)CCCC1)OC1(N)CCCC1. The molecule has 0 saturated heterocycles. The molecule has 1 unspecified atom stereocenters. The topological polar surface area (TPSA) is 61.3 Å². The zero-order chi connectivity index (χ0) is 11.6. The molecule has 94 valence electrons. The van der Waals surface area contributed by atoms with Crippen LogP contribution in [-0.4, -0.2) is 17.4 Å². The largest absolute Gasteiger partial charge is 0.358 e. The van der Waals surface area contributed by atoms with Crippen molar-refractivity contribution >= 4 is 0 Å². The van der Waals surface area contributed by atoms with Crippen LogP contribution in [0.3, 0.4) is 0 Å². The summed E-state index contributed by atoms with van der Waals surface area (Å²) in [5, 5.41) is 0. The van der Waals surface area contributed by atoms with Crippen LogP contribution in [0.5, 0.6) is 0 Å². The molecule has 4 N–H and O–H groups in total. The first kappa shape index (κ1) is 12.3. The summed E-state index contributed by atoms with van der Waals surface area (Å²) in [5.74, 6) is 0. The van der Waals surface area contributed by atoms with Crippen molar-refractivity contribution in [2.75, 3.05) is 0 Å². The van der Waals surface area contributed by atoms with E-state index in [-0.39, 0.29) is 17.4 Å². The Hall–Kier alpha value is -0.120. The van der Waals surface area contributed by atoms with Gasteiger partial charge in [0.15, 0.2) is 0 Å². The third-order valence-electron chi connectivity index (χ3n) is 4.18. The van der Waals surface area contributed by atoms with Gasteiger partial charge in [-0.25, -0.2) is 0 Å². The van der Waals surface area contributed by atoms with Gasteiger partial charge in [-0.15, -0.1) is 0 Å². The fraction of sp³-hybridized carbons (Fsp3) is 1.00. The van der Waals surface area contributed by atoms with Gasteiger partial charge in [0.05, 0.1) is 6.10 Å². The Kier molecular flexibility index (Phi) is 3.57. The van der Waals surface area contributed by atoms with Crippen LogP contribution in [0.25, 0.3) is 0 Å². The van der Waals surface area contributed by atoms with Crippen LogP contribution in [0.1, 0.15) is 64.7 Å². The molecule has 2 aliphatic carbocycles. The number of nitrogens with two attached hydrogens (primary N) is 2. The first-order chi connectivity index (χ1) is 7.52. The smallest absolute Gasteiger partial charge is 0.117 e. The van der Waals surface area contributed by atoms with Crippen molar-refractivity contribution in [3.63, 3.8) is 0 Å². The summed E-state index contributed by atoms with van der Waals surface area (Å²) in [6.45, 7) is 2.12. The van der Waals surface area contributed by atoms with Gasteiger partial charge in [0.25, 0.3) is 0 Å². The van der Waals surface area contributed by atoms with E-state index in [9.17, 15) is 0 Å². The highest BCUT2D eigenvalue weighted by Crippen LogP contribution is 2.34. The van der Waals surface area contributed by atoms with E-state index < -0.39 is 0 Å². The van der Waals surface area contributed by atoms with E-state index in [1.807, 2.05) is 0 Å². The van der Waals surface area contributed by atoms with Crippen LogP contribution < -0.4 is 11.5 Å². The molecule has 16 heavy (non-hydrogen) atoms. The van der Waals surface area contributed by atoms with E-state index >= 15 is 0 Å². The summed E-state index contributed by atoms with van der Waals surface area (Å²) in [4.78, 5) is 0. The van der Waals surface area contributed by atoms with Crippen molar-refractivity contribution in [1.29, 1.82) is 0 Å². The van der Waals surface area contributed by atoms with Crippen LogP contribution in [0.2, 0.25) is 0 Å². The van der Waals surface area contributed by atoms with Crippen molar-refractivity contribution in [2.45, 2.75) is 82.1 Å². The minimum Gasteiger partial charge on any atom is -0.358 e. The molecule has 0 aromatic carbocycles. The quantitative estimate of drug-likeness (QED) is 0.723. The van der Waals surface area contributed by atoms with Crippen molar-refractivity contribution in [3.8, 4) is 0 Å². The molecule has 0 radical (unpaired) electrons. The Labute approximate surface area is 98.9 Å². The molecule has 2 fully saturated rings. The summed E-state index contributed by atoms with van der Waals surface area (Å²) in [6.07, 6.45) is 10.4. The minimum absolute atomic E-state index is 0.0222. The maximum absolute atomic E-state index is 6.36. The standard InChI is InChI=1S/C13H26N2O/c1-11(10-12(14)6-2-3-7-12)16-13(15)8-4-5-9-13/h11H,2-10,14-15H2,1H3. The first-order valence-electron chi connectivity index (χ1n) is 6.77. The van der Waals surface area contributed by atoms with Crippen LogP contribution in [0, 0.1) is 0 Å². The van der Waals surface area contributed by atoms with Gasteiger partial charge in [-0.3, -0.25) is 0 Å². The highest BCUT2D eigenvalue weighted by molar-refractivity contribution is 4.91. The average molecular weight is 226 g/mol. The van der Waals surface area contributed by atoms with Crippen molar-refractivity contribution < 1.29 is 4.74 Å². The highest BCUT2D eigenvalue weighted by Gasteiger charge is 2.36. The molecule has 0 aliphatic heterocycles. The fourth-order valence-corrected chi connectivity index (χ4v) is 3.39. The molecule has 2 saturated carbocycles. The molecular weight excluding hydrogens is 200 g/mol. The van der Waals surface area contributed by atoms with Crippen LogP contribution in [0.4, 0.5) is 0 Å². The van der Waals surface area contributed by atoms with Crippen LogP contribution in [-0.2, 0) is 4.74 Å². The first-order valence-corrected chi connectivity index (χ1v) is 6.77. The second kappa shape index (κ2) is 4.63. The highest BCUT2D eigenvalue weighted by atomic mass is 16.5. The molecule has 0 amide bonds. The Morgan fingerprint density at radius 1 is 1.00 bits per heavy atom. The predicted molar refractivity (Wildman–Crippen MR) is 65.9 cm³/mol. The number of hydrogen-bond donors (Lipinski definition) is 2. The Morgan fingerprint density at radius 3 is 2.06 bits per heavy atom. The maximum atomic E-state index is 6.36. The molecule has 3 nitrogen and oxygen atoms in total. The van der Waals surface area contributed by atoms with E-state index in [4.69, 9.17) is 16.2 Å². The van der Waals surface area contributed by atoms with Gasteiger partial charge in [-0.05, 0) is 51.9 Å². The van der Waals surface area contributed by atoms with Gasteiger partial charge in [0.1, 0.15) is 5.72 Å². The molecule has 0 bridgehead atoms. The molecular formula is C13H26N2O. The van der Waals surface area contributed by atoms with Crippen molar-refractivity contribution in [1.82, 2.24) is 0 Å². The van der Waals surface area contributed by atoms with Gasteiger partial charge in [-0.1, -0.05) is 12.8 Å². The zero-order valence-electron chi connectivity index (χ0n) is 10.5. The molecule has 0 heterocycles. The normalized spacial score (nSPS) is 29.4. The van der Waals surface area contributed by atoms with Gasteiger partial charge < -0.3 is 16.2 Å². The summed E-state index contributed by atoms with van der Waals surface area (Å²) in [5.41, 5.74) is 12.2. The van der Waals surface area contributed by atoms with Gasteiger partial charge in [0, 0.05) is 5.54 Å². The lowest BCUT2D eigenvalue weighted by Gasteiger charge is -2.33. The molecule has 2 rings (SSSR count). The summed E-state index contributed by atoms with van der Waals surface area (Å²) in [6, 6.07) is 0. The van der Waals surface area contributed by atoms with Crippen LogP contribution in [0.15, 0.2) is 0 Å². The number of ether oxygens (including phenoxy) is 1. The minimum atomic E-state index is -0.353. The Morgan fingerprint density at radius 2 is 1.50 bits per heavy atom. The predicted octanol–water partition coefficient (Wildman–Crippen LogP) is 2.28. The van der Waals surface area contributed by atoms with Crippen LogP contribution >= 0.6 is 0 Å². The Bertz CT molecular complexity index is 206. The molecule has 2 aliphatic rings. The second-order valence-electron chi connectivity index (χ2n) is 5.97. The van der Waals surface area contributed by atoms with Gasteiger partial charge in [-0.2, -0.15) is 0 Å². The van der Waals surface area contributed by atoms with E-state index in [0.29, 0.717) is 0 Å². The number of rotatable bonds is 4. The third kappa shape index (κ3) is 2.96. The van der Waals surface area contributed by atoms with E-state index in [2.05, 4.69) is 6.92 Å². The van der Waals surface area contributed by atoms with Crippen molar-refractivity contribution in [3.05, 3.63) is 0 Å². The molecule has 1 atom stereocenters. The molecule has 0 aromatic rings. The lowest BCUT2D eigenvalue weighted by molar-refractivity contribution is -0.0879. The summed E-state index contributed by atoms with van der Waals surface area (Å²) < 4.78 is 6.02. The molecule has 0 spiro atoms. The second-order valence-corrected chi connectivity index (χ2v) is 5.97. The molecule has 0 aromatic heterocycles. The number of hydrogen-bond acceptors (Lipinski definition) is 3. The molecule has 3 heteroatoms. The Balaban J connectivity index is 1.81. The lowest BCUT2D eigenvalue weighted by atomic mass is 9.92. The lowest BCUT2D eigenvalue weighted by Crippen LogP contribution is -2.46.